The number of nitrogen functional groups attached to an aromatic ring is 1. The third kappa shape index (κ3) is 3.20. The molecule has 0 atom stereocenters. The number of nitrogens with two attached hydrogens (primary N) is 1. The monoisotopic (exact) mass is 274 g/mol. The maximum absolute atomic E-state index is 5.99. The van der Waals surface area contributed by atoms with Crippen molar-refractivity contribution in [2.24, 2.45) is 0 Å². The maximum atomic E-state index is 5.99. The van der Waals surface area contributed by atoms with Gasteiger partial charge in [-0.25, -0.2) is 0 Å². The van der Waals surface area contributed by atoms with Crippen molar-refractivity contribution in [1.82, 2.24) is 4.98 Å². The van der Waals surface area contributed by atoms with Crippen molar-refractivity contribution < 1.29 is 4.74 Å². The summed E-state index contributed by atoms with van der Waals surface area (Å²) >= 11 is 1.71. The van der Waals surface area contributed by atoms with Crippen molar-refractivity contribution in [2.75, 3.05) is 12.0 Å². The summed E-state index contributed by atoms with van der Waals surface area (Å²) in [4.78, 5) is 5.60. The molecule has 0 amide bonds. The molecule has 1 heterocycles. The summed E-state index contributed by atoms with van der Waals surface area (Å²) in [6, 6.07) is 8.03. The van der Waals surface area contributed by atoms with E-state index in [0.717, 1.165) is 28.3 Å². The zero-order valence-electron chi connectivity index (χ0n) is 11.4. The van der Waals surface area contributed by atoms with E-state index < -0.39 is 0 Å². The van der Waals surface area contributed by atoms with E-state index in [2.05, 4.69) is 11.2 Å². The van der Waals surface area contributed by atoms with Crippen molar-refractivity contribution >= 4 is 17.4 Å². The molecule has 2 rings (SSSR count). The van der Waals surface area contributed by atoms with Crippen LogP contribution in [0, 0.1) is 13.8 Å². The number of pyridine rings is 1. The van der Waals surface area contributed by atoms with E-state index in [-0.39, 0.29) is 0 Å². The maximum Gasteiger partial charge on any atom is 0.131 e. The first-order valence-corrected chi connectivity index (χ1v) is 7.31. The number of nitrogens with zero attached hydrogens (tertiary/aromatic N) is 1. The Morgan fingerprint density at radius 2 is 1.89 bits per heavy atom. The lowest BCUT2D eigenvalue weighted by atomic mass is 10.1. The summed E-state index contributed by atoms with van der Waals surface area (Å²) in [6.45, 7) is 4.38. The van der Waals surface area contributed by atoms with E-state index >= 15 is 0 Å². The predicted octanol–water partition coefficient (Wildman–Crippen LogP) is 3.58. The van der Waals surface area contributed by atoms with Crippen molar-refractivity contribution in [1.29, 1.82) is 0 Å². The third-order valence-corrected chi connectivity index (χ3v) is 3.85. The van der Waals surface area contributed by atoms with Gasteiger partial charge >= 0.3 is 0 Å². The van der Waals surface area contributed by atoms with Gasteiger partial charge in [0.15, 0.2) is 0 Å². The highest BCUT2D eigenvalue weighted by Gasteiger charge is 2.06. The lowest BCUT2D eigenvalue weighted by Crippen LogP contribution is -2.05. The molecule has 0 saturated carbocycles. The van der Waals surface area contributed by atoms with Crippen molar-refractivity contribution in [3.63, 3.8) is 0 Å². The Morgan fingerprint density at radius 3 is 2.53 bits per heavy atom. The van der Waals surface area contributed by atoms with Gasteiger partial charge in [0.1, 0.15) is 12.4 Å². The topological polar surface area (TPSA) is 48.1 Å². The molecule has 0 aliphatic heterocycles. The molecule has 0 radical (unpaired) electrons. The quantitative estimate of drug-likeness (QED) is 0.866. The zero-order valence-corrected chi connectivity index (χ0v) is 12.3. The van der Waals surface area contributed by atoms with Gasteiger partial charge in [-0.05, 0) is 55.5 Å². The van der Waals surface area contributed by atoms with Crippen LogP contribution in [0.15, 0.2) is 35.4 Å². The van der Waals surface area contributed by atoms with Crippen LogP contribution in [0.2, 0.25) is 0 Å². The van der Waals surface area contributed by atoms with Gasteiger partial charge in [0.05, 0.1) is 5.69 Å². The molecule has 0 bridgehead atoms. The van der Waals surface area contributed by atoms with Gasteiger partial charge in [0.25, 0.3) is 0 Å². The highest BCUT2D eigenvalue weighted by atomic mass is 32.2. The molecule has 19 heavy (non-hydrogen) atoms. The zero-order chi connectivity index (χ0) is 13.8. The van der Waals surface area contributed by atoms with Gasteiger partial charge < -0.3 is 10.5 Å². The Hall–Kier alpha value is -1.68. The van der Waals surface area contributed by atoms with Gasteiger partial charge in [-0.3, -0.25) is 4.98 Å². The van der Waals surface area contributed by atoms with Crippen LogP contribution in [-0.4, -0.2) is 11.2 Å². The van der Waals surface area contributed by atoms with Crippen LogP contribution in [0.1, 0.15) is 16.8 Å². The molecule has 2 N–H and O–H groups in total. The van der Waals surface area contributed by atoms with Crippen LogP contribution in [0.4, 0.5) is 5.69 Å². The first kappa shape index (κ1) is 13.7. The highest BCUT2D eigenvalue weighted by Crippen LogP contribution is 2.22. The summed E-state index contributed by atoms with van der Waals surface area (Å²) in [5, 5.41) is 0. The largest absolute Gasteiger partial charge is 0.487 e. The fourth-order valence-electron chi connectivity index (χ4n) is 1.76. The molecule has 100 valence electrons. The minimum atomic E-state index is 0.439. The molecule has 0 unspecified atom stereocenters. The van der Waals surface area contributed by atoms with E-state index in [1.54, 1.807) is 18.0 Å². The number of hydrogen-bond acceptors (Lipinski definition) is 4. The fourth-order valence-corrected chi connectivity index (χ4v) is 2.17. The van der Waals surface area contributed by atoms with E-state index in [4.69, 9.17) is 10.5 Å². The van der Waals surface area contributed by atoms with Crippen molar-refractivity contribution in [3.05, 3.63) is 47.3 Å². The lowest BCUT2D eigenvalue weighted by Gasteiger charge is -2.11. The van der Waals surface area contributed by atoms with Crippen LogP contribution in [0.3, 0.4) is 0 Å². The van der Waals surface area contributed by atoms with Crippen LogP contribution in [0.5, 0.6) is 5.75 Å². The van der Waals surface area contributed by atoms with Crippen molar-refractivity contribution in [2.45, 2.75) is 25.3 Å². The highest BCUT2D eigenvalue weighted by molar-refractivity contribution is 7.98. The van der Waals surface area contributed by atoms with Gasteiger partial charge in [-0.15, -0.1) is 11.8 Å². The number of anilines is 1. The number of ether oxygens (including phenoxy) is 1. The smallest absolute Gasteiger partial charge is 0.131 e. The summed E-state index contributed by atoms with van der Waals surface area (Å²) in [7, 11) is 0. The fraction of sp³-hybridized carbons (Fsp3) is 0.267. The van der Waals surface area contributed by atoms with Gasteiger partial charge in [-0.2, -0.15) is 0 Å². The van der Waals surface area contributed by atoms with E-state index in [1.807, 2.05) is 38.1 Å². The Labute approximate surface area is 118 Å². The number of aryl methyl sites for hydroxylation is 1. The number of hydrogen-bond donors (Lipinski definition) is 1. The molecule has 0 saturated heterocycles. The number of thioether (sulfide) groups is 1. The standard InChI is InChI=1S/C15H18N2OS/c1-10-8-17-14(11(2)15(10)16)9-18-12-4-6-13(19-3)7-5-12/h4-8H,9H2,1-3H3,(H2,16,17). The molecule has 1 aromatic heterocycles. The van der Waals surface area contributed by atoms with Gasteiger partial charge in [0.2, 0.25) is 0 Å². The molecular formula is C15H18N2OS. The Kier molecular flexibility index (Phi) is 4.32. The molecule has 0 spiro atoms. The Balaban J connectivity index is 2.08. The molecule has 0 aliphatic carbocycles. The molecule has 4 heteroatoms. The second kappa shape index (κ2) is 5.97. The molecule has 1 aromatic carbocycles. The first-order chi connectivity index (χ1) is 9.11. The van der Waals surface area contributed by atoms with Gasteiger partial charge in [0, 0.05) is 16.8 Å². The van der Waals surface area contributed by atoms with Crippen LogP contribution >= 0.6 is 11.8 Å². The lowest BCUT2D eigenvalue weighted by molar-refractivity contribution is 0.300. The van der Waals surface area contributed by atoms with Crippen LogP contribution in [-0.2, 0) is 6.61 Å². The summed E-state index contributed by atoms with van der Waals surface area (Å²) < 4.78 is 5.74. The Morgan fingerprint density at radius 1 is 1.21 bits per heavy atom. The number of rotatable bonds is 4. The minimum absolute atomic E-state index is 0.439. The summed E-state index contributed by atoms with van der Waals surface area (Å²) in [6.07, 6.45) is 3.84. The van der Waals surface area contributed by atoms with Gasteiger partial charge in [-0.1, -0.05) is 0 Å². The average Bonchev–Trinajstić information content (AvgIpc) is 2.45. The average molecular weight is 274 g/mol. The van der Waals surface area contributed by atoms with Crippen LogP contribution < -0.4 is 10.5 Å². The van der Waals surface area contributed by atoms with E-state index in [9.17, 15) is 0 Å². The van der Waals surface area contributed by atoms with E-state index in [0.29, 0.717) is 6.61 Å². The van der Waals surface area contributed by atoms with Crippen LogP contribution in [0.25, 0.3) is 0 Å². The molecule has 2 aromatic rings. The SMILES string of the molecule is CSc1ccc(OCc2ncc(C)c(N)c2C)cc1. The molecule has 0 aliphatic rings. The third-order valence-electron chi connectivity index (χ3n) is 3.11. The summed E-state index contributed by atoms with van der Waals surface area (Å²) in [5.74, 6) is 0.846. The number of benzene rings is 1. The second-order valence-electron chi connectivity index (χ2n) is 4.39. The molecule has 0 fully saturated rings. The first-order valence-electron chi connectivity index (χ1n) is 6.09. The number of aromatic nitrogens is 1. The minimum Gasteiger partial charge on any atom is -0.487 e. The Bertz CT molecular complexity index is 567. The van der Waals surface area contributed by atoms with E-state index in [1.165, 1.54) is 4.90 Å². The molecular weight excluding hydrogens is 256 g/mol. The molecule has 3 nitrogen and oxygen atoms in total. The normalized spacial score (nSPS) is 10.5. The predicted molar refractivity (Wildman–Crippen MR) is 80.7 cm³/mol. The summed E-state index contributed by atoms with van der Waals surface area (Å²) in [5.41, 5.74) is 9.68. The second-order valence-corrected chi connectivity index (χ2v) is 5.27. The van der Waals surface area contributed by atoms with Crippen molar-refractivity contribution in [3.8, 4) is 5.75 Å².